The maximum absolute atomic E-state index is 10.9. The van der Waals surface area contributed by atoms with E-state index in [1.54, 1.807) is 0 Å². The third-order valence-corrected chi connectivity index (χ3v) is 1.81. The van der Waals surface area contributed by atoms with Gasteiger partial charge < -0.3 is 0 Å². The van der Waals surface area contributed by atoms with Gasteiger partial charge in [-0.1, -0.05) is 6.92 Å². The van der Waals surface area contributed by atoms with Crippen LogP contribution in [0.4, 0.5) is 0 Å². The highest BCUT2D eigenvalue weighted by molar-refractivity contribution is 5.87. The van der Waals surface area contributed by atoms with Gasteiger partial charge in [0.1, 0.15) is 5.92 Å². The van der Waals surface area contributed by atoms with Crippen LogP contribution in [0.3, 0.4) is 0 Å². The molecule has 0 aliphatic carbocycles. The van der Waals surface area contributed by atoms with E-state index in [4.69, 9.17) is 5.26 Å². The van der Waals surface area contributed by atoms with Crippen LogP contribution in [-0.4, -0.2) is 30.3 Å². The normalized spacial score (nSPS) is 26.8. The molecule has 0 N–H and O–H groups in total. The summed E-state index contributed by atoms with van der Waals surface area (Å²) in [5.41, 5.74) is 0. The summed E-state index contributed by atoms with van der Waals surface area (Å²) in [6, 6.07) is 1.99. The van der Waals surface area contributed by atoms with E-state index in [9.17, 15) is 4.79 Å². The maximum atomic E-state index is 10.9. The van der Waals surface area contributed by atoms with Gasteiger partial charge in [-0.2, -0.15) is 5.26 Å². The third-order valence-electron chi connectivity index (χ3n) is 1.81. The van der Waals surface area contributed by atoms with Gasteiger partial charge in [0, 0.05) is 6.54 Å². The summed E-state index contributed by atoms with van der Waals surface area (Å²) in [6.45, 7) is 3.96. The molecule has 10 heavy (non-hydrogen) atoms. The van der Waals surface area contributed by atoms with Gasteiger partial charge in [-0.25, -0.2) is 0 Å². The minimum absolute atomic E-state index is 0.0735. The molecule has 1 atom stereocenters. The van der Waals surface area contributed by atoms with E-state index in [0.717, 1.165) is 6.54 Å². The molecule has 1 saturated heterocycles. The van der Waals surface area contributed by atoms with Crippen LogP contribution in [0, 0.1) is 17.2 Å². The number of carbonyl (C=O) groups is 1. The second-order valence-corrected chi connectivity index (χ2v) is 2.48. The molecule has 0 aromatic rings. The Kier molecular flexibility index (Phi) is 2.03. The van der Waals surface area contributed by atoms with Gasteiger partial charge in [0.15, 0.2) is 5.78 Å². The van der Waals surface area contributed by atoms with Crippen LogP contribution >= 0.6 is 0 Å². The monoisotopic (exact) mass is 138 g/mol. The first-order valence-electron chi connectivity index (χ1n) is 3.42. The van der Waals surface area contributed by atoms with Crippen molar-refractivity contribution in [3.05, 3.63) is 0 Å². The van der Waals surface area contributed by atoms with Gasteiger partial charge >= 0.3 is 0 Å². The summed E-state index contributed by atoms with van der Waals surface area (Å²) in [6.07, 6.45) is 0. The minimum atomic E-state index is -0.361. The lowest BCUT2D eigenvalue weighted by Gasteiger charge is -2.07. The SMILES string of the molecule is CCN1CC(=O)C(C#N)C1. The summed E-state index contributed by atoms with van der Waals surface area (Å²) in [5.74, 6) is -0.288. The molecule has 1 fully saturated rings. The van der Waals surface area contributed by atoms with Crippen molar-refractivity contribution in [3.8, 4) is 6.07 Å². The number of hydrogen-bond acceptors (Lipinski definition) is 3. The Labute approximate surface area is 60.2 Å². The van der Waals surface area contributed by atoms with Crippen LogP contribution in [0.25, 0.3) is 0 Å². The number of rotatable bonds is 1. The predicted molar refractivity (Wildman–Crippen MR) is 36.2 cm³/mol. The molecule has 1 rings (SSSR count). The van der Waals surface area contributed by atoms with Gasteiger partial charge in [-0.05, 0) is 6.54 Å². The van der Waals surface area contributed by atoms with Crippen LogP contribution < -0.4 is 0 Å². The molecule has 1 aliphatic heterocycles. The maximum Gasteiger partial charge on any atom is 0.165 e. The summed E-state index contributed by atoms with van der Waals surface area (Å²) in [7, 11) is 0. The molecule has 3 heteroatoms. The molecule has 54 valence electrons. The van der Waals surface area contributed by atoms with Crippen LogP contribution in [0.2, 0.25) is 0 Å². The molecular weight excluding hydrogens is 128 g/mol. The van der Waals surface area contributed by atoms with Crippen molar-refractivity contribution in [2.24, 2.45) is 5.92 Å². The lowest BCUT2D eigenvalue weighted by Crippen LogP contribution is -2.19. The standard InChI is InChI=1S/C7H10N2O/c1-2-9-4-6(3-8)7(10)5-9/h6H,2,4-5H2,1H3. The largest absolute Gasteiger partial charge is 0.297 e. The summed E-state index contributed by atoms with van der Waals surface area (Å²) in [4.78, 5) is 12.9. The highest BCUT2D eigenvalue weighted by Crippen LogP contribution is 2.10. The molecule has 0 spiro atoms. The van der Waals surface area contributed by atoms with E-state index in [0.29, 0.717) is 13.1 Å². The van der Waals surface area contributed by atoms with E-state index >= 15 is 0 Å². The molecule has 0 saturated carbocycles. The second-order valence-electron chi connectivity index (χ2n) is 2.48. The molecular formula is C7H10N2O. The van der Waals surface area contributed by atoms with Gasteiger partial charge in [0.2, 0.25) is 0 Å². The molecule has 0 amide bonds. The van der Waals surface area contributed by atoms with Crippen LogP contribution in [0.1, 0.15) is 6.92 Å². The molecule has 3 nitrogen and oxygen atoms in total. The van der Waals surface area contributed by atoms with Crippen molar-refractivity contribution >= 4 is 5.78 Å². The number of nitrogens with zero attached hydrogens (tertiary/aromatic N) is 2. The highest BCUT2D eigenvalue weighted by Gasteiger charge is 2.29. The third kappa shape index (κ3) is 1.17. The average Bonchev–Trinajstić information content (AvgIpc) is 2.30. The van der Waals surface area contributed by atoms with Gasteiger partial charge in [-0.15, -0.1) is 0 Å². The van der Waals surface area contributed by atoms with Crippen LogP contribution in [0.15, 0.2) is 0 Å². The first-order chi connectivity index (χ1) is 4.77. The fourth-order valence-corrected chi connectivity index (χ4v) is 1.11. The molecule has 1 heterocycles. The quantitative estimate of drug-likeness (QED) is 0.513. The number of likely N-dealkylation sites (tertiary alicyclic amines) is 1. The molecule has 0 bridgehead atoms. The van der Waals surface area contributed by atoms with E-state index in [-0.39, 0.29) is 11.7 Å². The smallest absolute Gasteiger partial charge is 0.165 e. The van der Waals surface area contributed by atoms with Crippen molar-refractivity contribution in [2.75, 3.05) is 19.6 Å². The van der Waals surface area contributed by atoms with Crippen molar-refractivity contribution in [1.29, 1.82) is 5.26 Å². The van der Waals surface area contributed by atoms with Gasteiger partial charge in [0.05, 0.1) is 12.6 Å². The Morgan fingerprint density at radius 1 is 1.90 bits per heavy atom. The Balaban J connectivity index is 2.54. The fraction of sp³-hybridized carbons (Fsp3) is 0.714. The Morgan fingerprint density at radius 2 is 2.60 bits per heavy atom. The van der Waals surface area contributed by atoms with E-state index in [2.05, 4.69) is 0 Å². The van der Waals surface area contributed by atoms with E-state index in [1.807, 2.05) is 17.9 Å². The zero-order chi connectivity index (χ0) is 7.56. The van der Waals surface area contributed by atoms with Crippen molar-refractivity contribution < 1.29 is 4.79 Å². The number of hydrogen-bond donors (Lipinski definition) is 0. The molecule has 0 aromatic heterocycles. The predicted octanol–water partition coefficient (Wildman–Crippen LogP) is 0.0308. The molecule has 1 aliphatic rings. The number of Topliss-reactive ketones (excluding diaryl/α,β-unsaturated/α-hetero) is 1. The zero-order valence-electron chi connectivity index (χ0n) is 6.00. The number of likely N-dealkylation sites (N-methyl/N-ethyl adjacent to an activating group) is 1. The van der Waals surface area contributed by atoms with Gasteiger partial charge in [0.25, 0.3) is 0 Å². The average molecular weight is 138 g/mol. The highest BCUT2D eigenvalue weighted by atomic mass is 16.1. The topological polar surface area (TPSA) is 44.1 Å². The molecule has 1 unspecified atom stereocenters. The van der Waals surface area contributed by atoms with Crippen LogP contribution in [0.5, 0.6) is 0 Å². The molecule has 0 aromatic carbocycles. The number of ketones is 1. The molecule has 0 radical (unpaired) electrons. The van der Waals surface area contributed by atoms with E-state index in [1.165, 1.54) is 0 Å². The van der Waals surface area contributed by atoms with Crippen LogP contribution in [-0.2, 0) is 4.79 Å². The van der Waals surface area contributed by atoms with Gasteiger partial charge in [-0.3, -0.25) is 9.69 Å². The lowest BCUT2D eigenvalue weighted by molar-refractivity contribution is -0.118. The number of carbonyl (C=O) groups excluding carboxylic acids is 1. The fourth-order valence-electron chi connectivity index (χ4n) is 1.11. The minimum Gasteiger partial charge on any atom is -0.297 e. The summed E-state index contributed by atoms with van der Waals surface area (Å²) >= 11 is 0. The Morgan fingerprint density at radius 3 is 2.90 bits per heavy atom. The first-order valence-corrected chi connectivity index (χ1v) is 3.42. The Hall–Kier alpha value is -0.880. The number of nitriles is 1. The second kappa shape index (κ2) is 2.80. The van der Waals surface area contributed by atoms with E-state index < -0.39 is 0 Å². The summed E-state index contributed by atoms with van der Waals surface area (Å²) in [5, 5.41) is 8.45. The van der Waals surface area contributed by atoms with Crippen molar-refractivity contribution in [2.45, 2.75) is 6.92 Å². The van der Waals surface area contributed by atoms with Crippen molar-refractivity contribution in [1.82, 2.24) is 4.90 Å². The van der Waals surface area contributed by atoms with Crippen molar-refractivity contribution in [3.63, 3.8) is 0 Å². The Bertz CT molecular complexity index is 183. The zero-order valence-corrected chi connectivity index (χ0v) is 6.00. The summed E-state index contributed by atoms with van der Waals surface area (Å²) < 4.78 is 0. The first kappa shape index (κ1) is 7.23. The lowest BCUT2D eigenvalue weighted by atomic mass is 10.1.